The second kappa shape index (κ2) is 11.1. The fraction of sp³-hybridized carbons (Fsp3) is 0.619. The molecule has 0 saturated heterocycles. The fourth-order valence-electron chi connectivity index (χ4n) is 3.67. The third-order valence-electron chi connectivity index (χ3n) is 5.22. The average Bonchev–Trinajstić information content (AvgIpc) is 2.71. The van der Waals surface area contributed by atoms with Crippen molar-refractivity contribution in [1.82, 2.24) is 10.2 Å². The van der Waals surface area contributed by atoms with Crippen LogP contribution in [0.3, 0.4) is 0 Å². The molecule has 7 heteroatoms. The first-order valence-electron chi connectivity index (χ1n) is 10.0. The molecule has 2 rings (SSSR count). The molecular formula is C21H31ClN2O4. The highest BCUT2D eigenvalue weighted by atomic mass is 35.5. The molecule has 1 aliphatic rings. The lowest BCUT2D eigenvalue weighted by Gasteiger charge is -2.33. The molecule has 156 valence electrons. The molecule has 0 unspecified atom stereocenters. The van der Waals surface area contributed by atoms with Crippen LogP contribution in [0.5, 0.6) is 11.5 Å². The van der Waals surface area contributed by atoms with E-state index in [2.05, 4.69) is 5.32 Å². The Balaban J connectivity index is 2.37. The van der Waals surface area contributed by atoms with Gasteiger partial charge in [-0.05, 0) is 37.0 Å². The van der Waals surface area contributed by atoms with Crippen LogP contribution in [0.1, 0.15) is 63.5 Å². The first kappa shape index (κ1) is 22.3. The lowest BCUT2D eigenvalue weighted by Crippen LogP contribution is -2.47. The number of nitrogens with one attached hydrogen (secondary N) is 1. The third kappa shape index (κ3) is 5.77. The Morgan fingerprint density at radius 3 is 2.64 bits per heavy atom. The third-order valence-corrected chi connectivity index (χ3v) is 5.45. The molecule has 28 heavy (non-hydrogen) atoms. The number of benzene rings is 1. The van der Waals surface area contributed by atoms with Gasteiger partial charge in [0.05, 0.1) is 7.11 Å². The Labute approximate surface area is 172 Å². The maximum atomic E-state index is 13.3. The Kier molecular flexibility index (Phi) is 8.90. The largest absolute Gasteiger partial charge is 0.504 e. The number of methoxy groups -OCH3 is 1. The van der Waals surface area contributed by atoms with Gasteiger partial charge in [-0.3, -0.25) is 9.59 Å². The molecule has 1 aromatic carbocycles. The van der Waals surface area contributed by atoms with E-state index in [1.807, 2.05) is 6.92 Å². The number of carbonyl (C=O) groups excluding carboxylic acids is 2. The zero-order chi connectivity index (χ0) is 20.5. The molecule has 6 nitrogen and oxygen atoms in total. The summed E-state index contributed by atoms with van der Waals surface area (Å²) in [7, 11) is 1.45. The number of amides is 2. The number of ether oxygens (including phenoxy) is 1. The van der Waals surface area contributed by atoms with Crippen LogP contribution in [-0.4, -0.2) is 47.4 Å². The summed E-state index contributed by atoms with van der Waals surface area (Å²) in [6.07, 6.45) is 6.96. The number of phenols is 1. The zero-order valence-electron chi connectivity index (χ0n) is 16.7. The number of halogens is 1. The van der Waals surface area contributed by atoms with Gasteiger partial charge in [0.1, 0.15) is 11.9 Å². The molecule has 1 aliphatic carbocycles. The van der Waals surface area contributed by atoms with E-state index in [1.54, 1.807) is 17.0 Å². The second-order valence-electron chi connectivity index (χ2n) is 7.25. The van der Waals surface area contributed by atoms with E-state index >= 15 is 0 Å². The molecular weight excluding hydrogens is 380 g/mol. The van der Waals surface area contributed by atoms with E-state index in [0.29, 0.717) is 12.1 Å². The Morgan fingerprint density at radius 1 is 1.32 bits per heavy atom. The van der Waals surface area contributed by atoms with E-state index in [1.165, 1.54) is 19.6 Å². The predicted octanol–water partition coefficient (Wildman–Crippen LogP) is 3.76. The van der Waals surface area contributed by atoms with Crippen molar-refractivity contribution in [3.8, 4) is 11.5 Å². The van der Waals surface area contributed by atoms with Gasteiger partial charge >= 0.3 is 0 Å². The van der Waals surface area contributed by atoms with Crippen molar-refractivity contribution in [2.75, 3.05) is 19.5 Å². The molecule has 1 saturated carbocycles. The van der Waals surface area contributed by atoms with Gasteiger partial charge in [-0.15, -0.1) is 11.6 Å². The highest BCUT2D eigenvalue weighted by Crippen LogP contribution is 2.32. The summed E-state index contributed by atoms with van der Waals surface area (Å²) in [5, 5.41) is 13.1. The number of unbranched alkanes of at least 4 members (excludes halogenated alkanes) is 1. The molecule has 0 bridgehead atoms. The van der Waals surface area contributed by atoms with Crippen molar-refractivity contribution in [3.63, 3.8) is 0 Å². The van der Waals surface area contributed by atoms with Crippen LogP contribution in [0.2, 0.25) is 0 Å². The topological polar surface area (TPSA) is 78.9 Å². The van der Waals surface area contributed by atoms with E-state index < -0.39 is 6.04 Å². The standard InChI is InChI=1S/C21H31ClN2O4/c1-3-4-12-24(19(26)14-22)20(15-10-11-17(25)18(13-15)28-2)21(27)23-16-8-6-5-7-9-16/h10-11,13,16,20,25H,3-9,12,14H2,1-2H3,(H,23,27)/t20-/m0/s1. The van der Waals surface area contributed by atoms with Gasteiger partial charge in [-0.1, -0.05) is 38.7 Å². The van der Waals surface area contributed by atoms with Gasteiger partial charge < -0.3 is 20.1 Å². The molecule has 0 heterocycles. The van der Waals surface area contributed by atoms with Crippen LogP contribution in [-0.2, 0) is 9.59 Å². The van der Waals surface area contributed by atoms with Gasteiger partial charge in [-0.25, -0.2) is 0 Å². The number of rotatable bonds is 9. The first-order valence-corrected chi connectivity index (χ1v) is 10.6. The van der Waals surface area contributed by atoms with Crippen molar-refractivity contribution in [2.45, 2.75) is 64.0 Å². The first-order chi connectivity index (χ1) is 13.5. The number of aromatic hydroxyl groups is 1. The van der Waals surface area contributed by atoms with Gasteiger partial charge in [0.2, 0.25) is 11.8 Å². The molecule has 0 spiro atoms. The van der Waals surface area contributed by atoms with Gasteiger partial charge in [0.25, 0.3) is 0 Å². The van der Waals surface area contributed by atoms with Crippen molar-refractivity contribution in [1.29, 1.82) is 0 Å². The summed E-state index contributed by atoms with van der Waals surface area (Å²) in [4.78, 5) is 27.4. The van der Waals surface area contributed by atoms with Crippen LogP contribution >= 0.6 is 11.6 Å². The summed E-state index contributed by atoms with van der Waals surface area (Å²) in [5.74, 6) is -0.435. The lowest BCUT2D eigenvalue weighted by molar-refractivity contribution is -0.139. The minimum atomic E-state index is -0.811. The Hall–Kier alpha value is -1.95. The number of nitrogens with zero attached hydrogens (tertiary/aromatic N) is 1. The fourth-order valence-corrected chi connectivity index (χ4v) is 3.82. The predicted molar refractivity (Wildman–Crippen MR) is 110 cm³/mol. The summed E-state index contributed by atoms with van der Waals surface area (Å²) in [5.41, 5.74) is 0.595. The molecule has 0 aliphatic heterocycles. The normalized spacial score (nSPS) is 15.7. The number of hydrogen-bond donors (Lipinski definition) is 2. The van der Waals surface area contributed by atoms with Crippen LogP contribution < -0.4 is 10.1 Å². The summed E-state index contributed by atoms with van der Waals surface area (Å²) < 4.78 is 5.20. The Bertz CT molecular complexity index is 662. The molecule has 2 N–H and O–H groups in total. The summed E-state index contributed by atoms with van der Waals surface area (Å²) in [6, 6.07) is 4.07. The SMILES string of the molecule is CCCCN(C(=O)CCl)[C@H](C(=O)NC1CCCCC1)c1ccc(O)c(OC)c1. The van der Waals surface area contributed by atoms with Crippen molar-refractivity contribution in [2.24, 2.45) is 0 Å². The number of carbonyl (C=O) groups is 2. The highest BCUT2D eigenvalue weighted by molar-refractivity contribution is 6.27. The smallest absolute Gasteiger partial charge is 0.247 e. The monoisotopic (exact) mass is 410 g/mol. The van der Waals surface area contributed by atoms with Crippen LogP contribution in [0, 0.1) is 0 Å². The number of phenolic OH excluding ortho intramolecular Hbond substituents is 1. The molecule has 2 amide bonds. The highest BCUT2D eigenvalue weighted by Gasteiger charge is 2.32. The van der Waals surface area contributed by atoms with E-state index in [4.69, 9.17) is 16.3 Å². The van der Waals surface area contributed by atoms with Gasteiger partial charge in [0.15, 0.2) is 11.5 Å². The van der Waals surface area contributed by atoms with Crippen molar-refractivity contribution in [3.05, 3.63) is 23.8 Å². The summed E-state index contributed by atoms with van der Waals surface area (Å²) >= 11 is 5.85. The van der Waals surface area contributed by atoms with E-state index in [-0.39, 0.29) is 35.2 Å². The van der Waals surface area contributed by atoms with Crippen LogP contribution in [0.15, 0.2) is 18.2 Å². The van der Waals surface area contributed by atoms with E-state index in [0.717, 1.165) is 38.5 Å². The molecule has 1 aromatic rings. The molecule has 1 fully saturated rings. The number of hydrogen-bond acceptors (Lipinski definition) is 4. The average molecular weight is 411 g/mol. The minimum Gasteiger partial charge on any atom is -0.504 e. The maximum absolute atomic E-state index is 13.3. The number of alkyl halides is 1. The van der Waals surface area contributed by atoms with Crippen molar-refractivity contribution < 1.29 is 19.4 Å². The van der Waals surface area contributed by atoms with Crippen molar-refractivity contribution >= 4 is 23.4 Å². The maximum Gasteiger partial charge on any atom is 0.247 e. The quantitative estimate of drug-likeness (QED) is 0.607. The van der Waals surface area contributed by atoms with Crippen LogP contribution in [0.4, 0.5) is 0 Å². The molecule has 0 radical (unpaired) electrons. The second-order valence-corrected chi connectivity index (χ2v) is 7.52. The Morgan fingerprint density at radius 2 is 2.04 bits per heavy atom. The minimum absolute atomic E-state index is 0.0125. The lowest BCUT2D eigenvalue weighted by atomic mass is 9.94. The summed E-state index contributed by atoms with van der Waals surface area (Å²) in [6.45, 7) is 2.47. The zero-order valence-corrected chi connectivity index (χ0v) is 17.5. The molecule has 0 aromatic heterocycles. The molecule has 1 atom stereocenters. The van der Waals surface area contributed by atoms with Gasteiger partial charge in [0, 0.05) is 12.6 Å². The van der Waals surface area contributed by atoms with Gasteiger partial charge in [-0.2, -0.15) is 0 Å². The van der Waals surface area contributed by atoms with E-state index in [9.17, 15) is 14.7 Å². The van der Waals surface area contributed by atoms with Crippen LogP contribution in [0.25, 0.3) is 0 Å².